The third-order valence-electron chi connectivity index (χ3n) is 5.96. The lowest BCUT2D eigenvalue weighted by atomic mass is 9.89. The van der Waals surface area contributed by atoms with E-state index < -0.39 is 0 Å². The first kappa shape index (κ1) is 18.1. The number of ether oxygens (including phenoxy) is 1. The molecule has 4 rings (SSSR count). The Morgan fingerprint density at radius 1 is 0.963 bits per heavy atom. The Morgan fingerprint density at radius 3 is 2.56 bits per heavy atom. The second-order valence-corrected chi connectivity index (χ2v) is 7.91. The quantitative estimate of drug-likeness (QED) is 0.836. The molecule has 3 heteroatoms. The van der Waals surface area contributed by atoms with Crippen molar-refractivity contribution in [2.75, 3.05) is 6.61 Å². The molecule has 0 fully saturated rings. The highest BCUT2D eigenvalue weighted by molar-refractivity contribution is 5.78. The predicted octanol–water partition coefficient (Wildman–Crippen LogP) is 4.70. The number of nitrogens with one attached hydrogen (secondary N) is 1. The summed E-state index contributed by atoms with van der Waals surface area (Å²) in [7, 11) is 0. The number of hydrogen-bond acceptors (Lipinski definition) is 2. The first-order valence-electron chi connectivity index (χ1n) is 10.4. The van der Waals surface area contributed by atoms with Crippen LogP contribution in [-0.2, 0) is 30.5 Å². The molecule has 0 spiro atoms. The van der Waals surface area contributed by atoms with Gasteiger partial charge in [-0.25, -0.2) is 0 Å². The van der Waals surface area contributed by atoms with Crippen molar-refractivity contribution in [1.82, 2.24) is 5.32 Å². The van der Waals surface area contributed by atoms with E-state index in [0.29, 0.717) is 0 Å². The predicted molar refractivity (Wildman–Crippen MR) is 108 cm³/mol. The van der Waals surface area contributed by atoms with Gasteiger partial charge in [-0.15, -0.1) is 0 Å². The summed E-state index contributed by atoms with van der Waals surface area (Å²) in [5.41, 5.74) is 6.77. The second-order valence-electron chi connectivity index (χ2n) is 7.91. The van der Waals surface area contributed by atoms with E-state index in [-0.39, 0.29) is 18.6 Å². The number of fused-ring (bicyclic) bond motifs is 2. The van der Waals surface area contributed by atoms with Crippen LogP contribution in [0.4, 0.5) is 0 Å². The molecule has 0 saturated carbocycles. The van der Waals surface area contributed by atoms with Crippen molar-refractivity contribution in [3.8, 4) is 5.75 Å². The lowest BCUT2D eigenvalue weighted by Crippen LogP contribution is -2.31. The summed E-state index contributed by atoms with van der Waals surface area (Å²) in [6.07, 6.45) is 9.53. The van der Waals surface area contributed by atoms with Crippen molar-refractivity contribution in [2.45, 2.75) is 64.3 Å². The zero-order chi connectivity index (χ0) is 18.6. The van der Waals surface area contributed by atoms with E-state index in [0.717, 1.165) is 25.0 Å². The molecule has 2 aromatic rings. The van der Waals surface area contributed by atoms with Gasteiger partial charge >= 0.3 is 0 Å². The Morgan fingerprint density at radius 2 is 1.70 bits per heavy atom. The van der Waals surface area contributed by atoms with E-state index in [1.165, 1.54) is 59.9 Å². The molecule has 1 N–H and O–H groups in total. The topological polar surface area (TPSA) is 38.3 Å². The lowest BCUT2D eigenvalue weighted by molar-refractivity contribution is -0.123. The van der Waals surface area contributed by atoms with Gasteiger partial charge in [0.25, 0.3) is 5.91 Å². The summed E-state index contributed by atoms with van der Waals surface area (Å²) < 4.78 is 5.88. The van der Waals surface area contributed by atoms with E-state index in [9.17, 15) is 4.79 Å². The largest absolute Gasteiger partial charge is 0.483 e. The number of amides is 1. The Hall–Kier alpha value is -2.29. The normalized spacial score (nSPS) is 16.8. The van der Waals surface area contributed by atoms with Crippen LogP contribution < -0.4 is 10.1 Å². The second kappa shape index (κ2) is 8.16. The van der Waals surface area contributed by atoms with Crippen LogP contribution in [0.2, 0.25) is 0 Å². The lowest BCUT2D eigenvalue weighted by Gasteiger charge is -2.21. The fraction of sp³-hybridized carbons (Fsp3) is 0.458. The van der Waals surface area contributed by atoms with Crippen LogP contribution in [0.15, 0.2) is 36.4 Å². The van der Waals surface area contributed by atoms with Crippen LogP contribution in [0.3, 0.4) is 0 Å². The van der Waals surface area contributed by atoms with E-state index in [1.54, 1.807) is 0 Å². The Bertz CT molecular complexity index is 827. The first-order chi connectivity index (χ1) is 13.2. The molecule has 2 aliphatic rings. The fourth-order valence-corrected chi connectivity index (χ4v) is 4.41. The van der Waals surface area contributed by atoms with Gasteiger partial charge in [-0.3, -0.25) is 4.79 Å². The minimum absolute atomic E-state index is 0.00184. The summed E-state index contributed by atoms with van der Waals surface area (Å²) in [5.74, 6) is 0.817. The molecule has 0 radical (unpaired) electrons. The molecule has 2 aliphatic carbocycles. The first-order valence-corrected chi connectivity index (χ1v) is 10.4. The summed E-state index contributed by atoms with van der Waals surface area (Å²) in [5, 5.41) is 3.09. The highest BCUT2D eigenvalue weighted by Gasteiger charge is 2.17. The standard InChI is InChI=1S/C24H29NO2/c1-17(20-14-13-18-7-2-3-9-21(18)15-20)25-24(26)16-27-23-12-6-10-19-8-4-5-11-22(19)23/h6,10,12-15,17H,2-5,7-9,11,16H2,1H3,(H,25,26)/t17-/m0/s1. The molecule has 0 aliphatic heterocycles. The van der Waals surface area contributed by atoms with Crippen LogP contribution in [0.25, 0.3) is 0 Å². The van der Waals surface area contributed by atoms with Gasteiger partial charge in [-0.1, -0.05) is 30.3 Å². The van der Waals surface area contributed by atoms with Crippen LogP contribution in [-0.4, -0.2) is 12.5 Å². The van der Waals surface area contributed by atoms with Crippen LogP contribution in [0.5, 0.6) is 5.75 Å². The number of rotatable bonds is 5. The van der Waals surface area contributed by atoms with Crippen LogP contribution >= 0.6 is 0 Å². The molecule has 0 saturated heterocycles. The van der Waals surface area contributed by atoms with Crippen molar-refractivity contribution in [1.29, 1.82) is 0 Å². The molecule has 0 heterocycles. The van der Waals surface area contributed by atoms with Gasteiger partial charge < -0.3 is 10.1 Å². The molecule has 1 atom stereocenters. The Kier molecular flexibility index (Phi) is 5.47. The van der Waals surface area contributed by atoms with Gasteiger partial charge in [0.1, 0.15) is 5.75 Å². The highest BCUT2D eigenvalue weighted by Crippen LogP contribution is 2.29. The summed E-state index contributed by atoms with van der Waals surface area (Å²) in [4.78, 5) is 12.4. The zero-order valence-electron chi connectivity index (χ0n) is 16.2. The third kappa shape index (κ3) is 4.18. The maximum absolute atomic E-state index is 12.4. The van der Waals surface area contributed by atoms with Crippen LogP contribution in [0, 0.1) is 0 Å². The number of hydrogen-bond donors (Lipinski definition) is 1. The molecule has 0 aromatic heterocycles. The average molecular weight is 364 g/mol. The van der Waals surface area contributed by atoms with Gasteiger partial charge in [0.2, 0.25) is 0 Å². The van der Waals surface area contributed by atoms with Crippen molar-refractivity contribution in [3.63, 3.8) is 0 Å². The van der Waals surface area contributed by atoms with Crippen molar-refractivity contribution in [3.05, 3.63) is 64.2 Å². The number of carbonyl (C=O) groups excluding carboxylic acids is 1. The molecule has 2 aromatic carbocycles. The van der Waals surface area contributed by atoms with Gasteiger partial charge in [0.15, 0.2) is 6.61 Å². The fourth-order valence-electron chi connectivity index (χ4n) is 4.41. The van der Waals surface area contributed by atoms with Crippen molar-refractivity contribution < 1.29 is 9.53 Å². The Labute approximate surface area is 162 Å². The summed E-state index contributed by atoms with van der Waals surface area (Å²) in [6.45, 7) is 2.12. The zero-order valence-corrected chi connectivity index (χ0v) is 16.2. The number of aryl methyl sites for hydroxylation is 3. The molecule has 0 unspecified atom stereocenters. The molecule has 1 amide bonds. The van der Waals surface area contributed by atoms with E-state index in [1.807, 2.05) is 19.1 Å². The van der Waals surface area contributed by atoms with E-state index in [2.05, 4.69) is 29.6 Å². The van der Waals surface area contributed by atoms with Gasteiger partial charge in [0.05, 0.1) is 6.04 Å². The SMILES string of the molecule is C[C@H](NC(=O)COc1cccc2c1CCCC2)c1ccc2c(c1)CCCC2. The smallest absolute Gasteiger partial charge is 0.258 e. The van der Waals surface area contributed by atoms with Gasteiger partial charge in [0, 0.05) is 0 Å². The molecular weight excluding hydrogens is 334 g/mol. The van der Waals surface area contributed by atoms with Crippen LogP contribution in [0.1, 0.15) is 66.5 Å². The third-order valence-corrected chi connectivity index (χ3v) is 5.96. The maximum Gasteiger partial charge on any atom is 0.258 e. The molecule has 3 nitrogen and oxygen atoms in total. The summed E-state index contributed by atoms with van der Waals surface area (Å²) >= 11 is 0. The van der Waals surface area contributed by atoms with E-state index >= 15 is 0 Å². The highest BCUT2D eigenvalue weighted by atomic mass is 16.5. The minimum Gasteiger partial charge on any atom is -0.483 e. The number of benzene rings is 2. The van der Waals surface area contributed by atoms with Gasteiger partial charge in [-0.05, 0) is 92.2 Å². The van der Waals surface area contributed by atoms with Gasteiger partial charge in [-0.2, -0.15) is 0 Å². The number of carbonyl (C=O) groups is 1. The average Bonchev–Trinajstić information content (AvgIpc) is 2.71. The van der Waals surface area contributed by atoms with Crippen molar-refractivity contribution >= 4 is 5.91 Å². The Balaban J connectivity index is 1.36. The molecule has 27 heavy (non-hydrogen) atoms. The monoisotopic (exact) mass is 363 g/mol. The maximum atomic E-state index is 12.4. The molecule has 142 valence electrons. The van der Waals surface area contributed by atoms with E-state index in [4.69, 9.17) is 4.74 Å². The molecule has 0 bridgehead atoms. The van der Waals surface area contributed by atoms with Crippen molar-refractivity contribution in [2.24, 2.45) is 0 Å². The molecular formula is C24H29NO2. The summed E-state index contributed by atoms with van der Waals surface area (Å²) in [6, 6.07) is 12.9. The minimum atomic E-state index is -0.0615.